The first-order valence-electron chi connectivity index (χ1n) is 9.07. The van der Waals surface area contributed by atoms with Gasteiger partial charge in [-0.3, -0.25) is 14.4 Å². The van der Waals surface area contributed by atoms with Crippen molar-refractivity contribution < 1.29 is 14.4 Å². The van der Waals surface area contributed by atoms with E-state index in [2.05, 4.69) is 5.32 Å². The molecule has 7 heteroatoms. The molecule has 0 saturated carbocycles. The molecular weight excluding hydrogens is 344 g/mol. The van der Waals surface area contributed by atoms with E-state index in [0.29, 0.717) is 37.3 Å². The molecule has 7 nitrogen and oxygen atoms in total. The number of amides is 3. The maximum atomic E-state index is 12.6. The molecule has 1 aromatic heterocycles. The van der Waals surface area contributed by atoms with Crippen LogP contribution in [0.25, 0.3) is 0 Å². The summed E-state index contributed by atoms with van der Waals surface area (Å²) in [5, 5.41) is 2.67. The first-order chi connectivity index (χ1) is 13.0. The standard InChI is InChI=1S/C20H24N4O3/c1-22-11-8-17(15-22)20(27)24-10-5-9-23(12-13-24)18(25)14-21-19(26)16-6-3-2-4-7-16/h2-4,6-8,11,15H,5,9-10,12-14H2,1H3,(H,21,26). The first-order valence-corrected chi connectivity index (χ1v) is 9.07. The number of aromatic nitrogens is 1. The molecule has 0 radical (unpaired) electrons. The Balaban J connectivity index is 1.50. The molecule has 1 aliphatic heterocycles. The lowest BCUT2D eigenvalue weighted by molar-refractivity contribution is -0.129. The molecule has 0 spiro atoms. The molecular formula is C20H24N4O3. The highest BCUT2D eigenvalue weighted by Gasteiger charge is 2.23. The van der Waals surface area contributed by atoms with Crippen molar-refractivity contribution in [3.05, 3.63) is 59.9 Å². The lowest BCUT2D eigenvalue weighted by Crippen LogP contribution is -2.42. The number of carbonyl (C=O) groups is 3. The Hall–Kier alpha value is -3.09. The zero-order valence-electron chi connectivity index (χ0n) is 15.4. The van der Waals surface area contributed by atoms with Gasteiger partial charge in [-0.05, 0) is 24.6 Å². The average Bonchev–Trinajstić information content (AvgIpc) is 2.98. The molecule has 27 heavy (non-hydrogen) atoms. The van der Waals surface area contributed by atoms with Crippen molar-refractivity contribution >= 4 is 17.7 Å². The van der Waals surface area contributed by atoms with Gasteiger partial charge in [-0.1, -0.05) is 18.2 Å². The fourth-order valence-corrected chi connectivity index (χ4v) is 3.14. The molecule has 0 atom stereocenters. The fourth-order valence-electron chi connectivity index (χ4n) is 3.14. The predicted molar refractivity (Wildman–Crippen MR) is 101 cm³/mol. The minimum absolute atomic E-state index is 0.0118. The normalized spacial score (nSPS) is 14.6. The van der Waals surface area contributed by atoms with Crippen LogP contribution in [0, 0.1) is 0 Å². The van der Waals surface area contributed by atoms with Crippen LogP contribution in [0.2, 0.25) is 0 Å². The molecule has 1 aliphatic rings. The van der Waals surface area contributed by atoms with Gasteiger partial charge in [0.15, 0.2) is 0 Å². The summed E-state index contributed by atoms with van der Waals surface area (Å²) in [7, 11) is 1.88. The van der Waals surface area contributed by atoms with Crippen molar-refractivity contribution in [3.8, 4) is 0 Å². The monoisotopic (exact) mass is 368 g/mol. The molecule has 1 saturated heterocycles. The van der Waals surface area contributed by atoms with Crippen molar-refractivity contribution in [1.82, 2.24) is 19.7 Å². The third kappa shape index (κ3) is 4.75. The Labute approximate surface area is 158 Å². The van der Waals surface area contributed by atoms with Crippen LogP contribution in [0.3, 0.4) is 0 Å². The summed E-state index contributed by atoms with van der Waals surface area (Å²) in [6.45, 7) is 2.12. The summed E-state index contributed by atoms with van der Waals surface area (Å²) in [4.78, 5) is 40.6. The van der Waals surface area contributed by atoms with E-state index in [1.54, 1.807) is 46.3 Å². The van der Waals surface area contributed by atoms with E-state index in [1.165, 1.54) is 0 Å². The quantitative estimate of drug-likeness (QED) is 0.879. The van der Waals surface area contributed by atoms with Crippen LogP contribution in [0.1, 0.15) is 27.1 Å². The predicted octanol–water partition coefficient (Wildman–Crippen LogP) is 1.13. The van der Waals surface area contributed by atoms with Crippen LogP contribution >= 0.6 is 0 Å². The summed E-state index contributed by atoms with van der Waals surface area (Å²) in [5.41, 5.74) is 1.19. The number of rotatable bonds is 4. The van der Waals surface area contributed by atoms with Gasteiger partial charge in [-0.15, -0.1) is 0 Å². The lowest BCUT2D eigenvalue weighted by atomic mass is 10.2. The van der Waals surface area contributed by atoms with Crippen LogP contribution in [0.15, 0.2) is 48.8 Å². The van der Waals surface area contributed by atoms with Crippen molar-refractivity contribution in [2.24, 2.45) is 7.05 Å². The summed E-state index contributed by atoms with van der Waals surface area (Å²) >= 11 is 0. The lowest BCUT2D eigenvalue weighted by Gasteiger charge is -2.22. The smallest absolute Gasteiger partial charge is 0.255 e. The molecule has 2 heterocycles. The molecule has 1 fully saturated rings. The van der Waals surface area contributed by atoms with E-state index < -0.39 is 0 Å². The second-order valence-corrected chi connectivity index (χ2v) is 6.64. The van der Waals surface area contributed by atoms with Gasteiger partial charge in [-0.25, -0.2) is 0 Å². The van der Waals surface area contributed by atoms with E-state index in [4.69, 9.17) is 0 Å². The van der Waals surface area contributed by atoms with Crippen LogP contribution in [-0.2, 0) is 11.8 Å². The first kappa shape index (κ1) is 18.7. The summed E-state index contributed by atoms with van der Waals surface area (Å²) in [6.07, 6.45) is 4.36. The highest BCUT2D eigenvalue weighted by Crippen LogP contribution is 2.10. The molecule has 0 unspecified atom stereocenters. The fraction of sp³-hybridized carbons (Fsp3) is 0.350. The molecule has 1 N–H and O–H groups in total. The largest absolute Gasteiger partial charge is 0.356 e. The molecule has 3 amide bonds. The Morgan fingerprint density at radius 3 is 2.33 bits per heavy atom. The molecule has 0 bridgehead atoms. The van der Waals surface area contributed by atoms with Gasteiger partial charge in [0.1, 0.15) is 0 Å². The number of carbonyl (C=O) groups excluding carboxylic acids is 3. The Morgan fingerprint density at radius 2 is 1.63 bits per heavy atom. The summed E-state index contributed by atoms with van der Waals surface area (Å²) < 4.78 is 1.84. The second-order valence-electron chi connectivity index (χ2n) is 6.64. The third-order valence-electron chi connectivity index (χ3n) is 4.65. The Kier molecular flexibility index (Phi) is 5.90. The molecule has 2 aromatic rings. The molecule has 0 aliphatic carbocycles. The highest BCUT2D eigenvalue weighted by atomic mass is 16.2. The number of hydrogen-bond donors (Lipinski definition) is 1. The van der Waals surface area contributed by atoms with Crippen LogP contribution < -0.4 is 5.32 Å². The summed E-state index contributed by atoms with van der Waals surface area (Å²) in [5.74, 6) is -0.407. The summed E-state index contributed by atoms with van der Waals surface area (Å²) in [6, 6.07) is 10.6. The number of benzene rings is 1. The SMILES string of the molecule is Cn1ccc(C(=O)N2CCCN(C(=O)CNC(=O)c3ccccc3)CC2)c1. The molecule has 3 rings (SSSR count). The van der Waals surface area contributed by atoms with E-state index in [0.717, 1.165) is 6.42 Å². The average molecular weight is 368 g/mol. The maximum absolute atomic E-state index is 12.6. The van der Waals surface area contributed by atoms with Crippen LogP contribution in [0.5, 0.6) is 0 Å². The number of nitrogens with zero attached hydrogens (tertiary/aromatic N) is 3. The van der Waals surface area contributed by atoms with E-state index in [9.17, 15) is 14.4 Å². The minimum Gasteiger partial charge on any atom is -0.356 e. The molecule has 142 valence electrons. The van der Waals surface area contributed by atoms with Crippen molar-refractivity contribution in [1.29, 1.82) is 0 Å². The number of hydrogen-bond acceptors (Lipinski definition) is 3. The van der Waals surface area contributed by atoms with Crippen LogP contribution in [-0.4, -0.2) is 64.8 Å². The van der Waals surface area contributed by atoms with Gasteiger partial charge in [0.25, 0.3) is 11.8 Å². The van der Waals surface area contributed by atoms with Crippen LogP contribution in [0.4, 0.5) is 0 Å². The Morgan fingerprint density at radius 1 is 0.926 bits per heavy atom. The zero-order valence-corrected chi connectivity index (χ0v) is 15.4. The maximum Gasteiger partial charge on any atom is 0.255 e. The number of nitrogens with one attached hydrogen (secondary N) is 1. The van der Waals surface area contributed by atoms with Gasteiger partial charge in [-0.2, -0.15) is 0 Å². The van der Waals surface area contributed by atoms with Gasteiger partial charge in [0.2, 0.25) is 5.91 Å². The van der Waals surface area contributed by atoms with Crippen molar-refractivity contribution in [3.63, 3.8) is 0 Å². The van der Waals surface area contributed by atoms with Crippen molar-refractivity contribution in [2.45, 2.75) is 6.42 Å². The van der Waals surface area contributed by atoms with Gasteiger partial charge < -0.3 is 19.7 Å². The minimum atomic E-state index is -0.264. The highest BCUT2D eigenvalue weighted by molar-refractivity contribution is 5.96. The Bertz CT molecular complexity index is 816. The second kappa shape index (κ2) is 8.53. The van der Waals surface area contributed by atoms with Gasteiger partial charge >= 0.3 is 0 Å². The third-order valence-corrected chi connectivity index (χ3v) is 4.65. The van der Waals surface area contributed by atoms with Crippen molar-refractivity contribution in [2.75, 3.05) is 32.7 Å². The van der Waals surface area contributed by atoms with Gasteiger partial charge in [0, 0.05) is 51.2 Å². The zero-order chi connectivity index (χ0) is 19.2. The van der Waals surface area contributed by atoms with E-state index in [-0.39, 0.29) is 24.3 Å². The van der Waals surface area contributed by atoms with Gasteiger partial charge in [0.05, 0.1) is 12.1 Å². The van der Waals surface area contributed by atoms with E-state index in [1.807, 2.05) is 23.9 Å². The number of aryl methyl sites for hydroxylation is 1. The van der Waals surface area contributed by atoms with E-state index >= 15 is 0 Å². The topological polar surface area (TPSA) is 74.7 Å². The molecule has 1 aromatic carbocycles.